The van der Waals surface area contributed by atoms with Crippen molar-refractivity contribution in [1.82, 2.24) is 15.2 Å². The molecule has 0 spiro atoms. The molecule has 0 radical (unpaired) electrons. The minimum atomic E-state index is -0.597. The number of carbonyl (C=O) groups is 1. The fraction of sp³-hybridized carbons (Fsp3) is 0.478. The van der Waals surface area contributed by atoms with Crippen LogP contribution in [0.2, 0.25) is 0 Å². The van der Waals surface area contributed by atoms with Gasteiger partial charge in [-0.3, -0.25) is 9.69 Å². The fourth-order valence-corrected chi connectivity index (χ4v) is 4.02. The van der Waals surface area contributed by atoms with Crippen molar-refractivity contribution in [3.63, 3.8) is 0 Å². The van der Waals surface area contributed by atoms with Crippen LogP contribution >= 0.6 is 0 Å². The average Bonchev–Trinajstić information content (AvgIpc) is 2.68. The number of benzene rings is 1. The number of anilines is 1. The number of pyridine rings is 1. The van der Waals surface area contributed by atoms with Gasteiger partial charge in [0.1, 0.15) is 5.82 Å². The van der Waals surface area contributed by atoms with Crippen LogP contribution in [0.4, 0.5) is 5.82 Å². The van der Waals surface area contributed by atoms with Gasteiger partial charge in [0.05, 0.1) is 6.10 Å². The Morgan fingerprint density at radius 2 is 2.07 bits per heavy atom. The first-order chi connectivity index (χ1) is 14.1. The number of hydrogen-bond acceptors (Lipinski definition) is 5. The van der Waals surface area contributed by atoms with Crippen molar-refractivity contribution < 1.29 is 9.90 Å². The summed E-state index contributed by atoms with van der Waals surface area (Å²) in [5.41, 5.74) is 4.12. The van der Waals surface area contributed by atoms with E-state index in [0.29, 0.717) is 18.2 Å². The van der Waals surface area contributed by atoms with Crippen LogP contribution in [0.1, 0.15) is 46.4 Å². The largest absolute Gasteiger partial charge is 0.390 e. The van der Waals surface area contributed by atoms with Crippen LogP contribution in [0, 0.1) is 6.92 Å². The van der Waals surface area contributed by atoms with E-state index in [4.69, 9.17) is 0 Å². The van der Waals surface area contributed by atoms with Gasteiger partial charge in [0.15, 0.2) is 0 Å². The number of aromatic nitrogens is 1. The number of aliphatic hydroxyl groups is 1. The van der Waals surface area contributed by atoms with Crippen molar-refractivity contribution in [3.05, 3.63) is 58.8 Å². The van der Waals surface area contributed by atoms with E-state index in [1.807, 2.05) is 6.92 Å². The highest BCUT2D eigenvalue weighted by Gasteiger charge is 2.20. The lowest BCUT2D eigenvalue weighted by Crippen LogP contribution is -2.42. The number of nitrogens with one attached hydrogen (secondary N) is 2. The molecule has 1 atom stereocenters. The zero-order chi connectivity index (χ0) is 20.2. The summed E-state index contributed by atoms with van der Waals surface area (Å²) in [6.45, 7) is 4.47. The molecule has 2 aliphatic rings. The van der Waals surface area contributed by atoms with Crippen molar-refractivity contribution in [3.8, 4) is 0 Å². The molecule has 1 aliphatic heterocycles. The van der Waals surface area contributed by atoms with Gasteiger partial charge in [0.2, 0.25) is 0 Å². The lowest BCUT2D eigenvalue weighted by molar-refractivity contribution is 0.0841. The zero-order valence-corrected chi connectivity index (χ0v) is 17.0. The van der Waals surface area contributed by atoms with E-state index in [2.05, 4.69) is 44.8 Å². The smallest absolute Gasteiger partial charge is 0.251 e. The Morgan fingerprint density at radius 3 is 2.83 bits per heavy atom. The number of rotatable bonds is 7. The second-order valence-electron chi connectivity index (χ2n) is 8.27. The van der Waals surface area contributed by atoms with Gasteiger partial charge in [-0.15, -0.1) is 0 Å². The van der Waals surface area contributed by atoms with Gasteiger partial charge in [-0.1, -0.05) is 24.3 Å². The zero-order valence-electron chi connectivity index (χ0n) is 17.0. The number of hydrogen-bond donors (Lipinski definition) is 3. The maximum absolute atomic E-state index is 12.6. The molecule has 6 nitrogen and oxygen atoms in total. The molecule has 1 unspecified atom stereocenters. The number of aliphatic hydroxyl groups excluding tert-OH is 1. The average molecular weight is 395 g/mol. The summed E-state index contributed by atoms with van der Waals surface area (Å²) < 4.78 is 0. The molecular weight excluding hydrogens is 364 g/mol. The molecule has 0 saturated heterocycles. The summed E-state index contributed by atoms with van der Waals surface area (Å²) in [7, 11) is 0. The SMILES string of the molecule is Cc1cc(C(=O)NCC(O)CN2CCc3ccccc3C2)cc(NC2CCC2)n1. The van der Waals surface area contributed by atoms with Gasteiger partial charge in [-0.2, -0.15) is 0 Å². The highest BCUT2D eigenvalue weighted by atomic mass is 16.3. The summed E-state index contributed by atoms with van der Waals surface area (Å²) in [6.07, 6.45) is 3.97. The minimum absolute atomic E-state index is 0.171. The molecule has 154 valence electrons. The molecule has 6 heteroatoms. The predicted molar refractivity (Wildman–Crippen MR) is 114 cm³/mol. The molecule has 1 amide bonds. The third kappa shape index (κ3) is 5.14. The summed E-state index contributed by atoms with van der Waals surface area (Å²) in [6, 6.07) is 12.5. The van der Waals surface area contributed by atoms with Crippen molar-refractivity contribution in [2.24, 2.45) is 0 Å². The van der Waals surface area contributed by atoms with E-state index in [1.165, 1.54) is 17.5 Å². The van der Waals surface area contributed by atoms with E-state index in [9.17, 15) is 9.90 Å². The summed E-state index contributed by atoms with van der Waals surface area (Å²) in [5, 5.41) is 16.7. The van der Waals surface area contributed by atoms with Crippen molar-refractivity contribution in [2.45, 2.75) is 51.3 Å². The van der Waals surface area contributed by atoms with Gasteiger partial charge < -0.3 is 15.7 Å². The van der Waals surface area contributed by atoms with Crippen LogP contribution in [0.15, 0.2) is 36.4 Å². The van der Waals surface area contributed by atoms with Crippen LogP contribution in [0.3, 0.4) is 0 Å². The molecule has 1 aromatic carbocycles. The Labute approximate surface area is 172 Å². The summed E-state index contributed by atoms with van der Waals surface area (Å²) in [4.78, 5) is 19.3. The molecule has 29 heavy (non-hydrogen) atoms. The Balaban J connectivity index is 1.28. The highest BCUT2D eigenvalue weighted by Crippen LogP contribution is 2.23. The molecule has 0 bridgehead atoms. The highest BCUT2D eigenvalue weighted by molar-refractivity contribution is 5.95. The normalized spacial score (nSPS) is 17.9. The number of aryl methyl sites for hydroxylation is 1. The predicted octanol–water partition coefficient (Wildman–Crippen LogP) is 2.50. The molecule has 1 aromatic heterocycles. The maximum Gasteiger partial charge on any atom is 0.251 e. The standard InChI is InChI=1S/C23H30N4O2/c1-16-11-19(12-22(25-16)26-20-7-4-8-20)23(29)24-13-21(28)15-27-10-9-17-5-2-3-6-18(17)14-27/h2-3,5-6,11-12,20-21,28H,4,7-10,13-15H2,1H3,(H,24,29)(H,25,26). The van der Waals surface area contributed by atoms with Crippen LogP contribution in [0.5, 0.6) is 0 Å². The van der Waals surface area contributed by atoms with E-state index >= 15 is 0 Å². The Morgan fingerprint density at radius 1 is 1.28 bits per heavy atom. The van der Waals surface area contributed by atoms with Crippen molar-refractivity contribution in [2.75, 3.05) is 25.0 Å². The number of fused-ring (bicyclic) bond motifs is 1. The van der Waals surface area contributed by atoms with E-state index in [0.717, 1.165) is 43.9 Å². The Bertz CT molecular complexity index is 866. The lowest BCUT2D eigenvalue weighted by Gasteiger charge is -2.30. The molecule has 3 N–H and O–H groups in total. The monoisotopic (exact) mass is 394 g/mol. The molecule has 1 aliphatic carbocycles. The van der Waals surface area contributed by atoms with Crippen LogP contribution in [0.25, 0.3) is 0 Å². The summed E-state index contributed by atoms with van der Waals surface area (Å²) in [5.74, 6) is 0.586. The first kappa shape index (κ1) is 19.9. The van der Waals surface area contributed by atoms with E-state index < -0.39 is 6.10 Å². The number of β-amino-alcohol motifs (C(OH)–C–C–N with tert-alkyl or cyclic N) is 1. The van der Waals surface area contributed by atoms with Gasteiger partial charge in [0, 0.05) is 43.5 Å². The van der Waals surface area contributed by atoms with Crippen LogP contribution in [-0.4, -0.2) is 52.7 Å². The second kappa shape index (κ2) is 8.93. The van der Waals surface area contributed by atoms with Crippen molar-refractivity contribution in [1.29, 1.82) is 0 Å². The first-order valence-corrected chi connectivity index (χ1v) is 10.6. The maximum atomic E-state index is 12.6. The number of carbonyl (C=O) groups excluding carboxylic acids is 1. The van der Waals surface area contributed by atoms with Crippen LogP contribution in [-0.2, 0) is 13.0 Å². The number of nitrogens with zero attached hydrogens (tertiary/aromatic N) is 2. The number of amides is 1. The van der Waals surface area contributed by atoms with Gasteiger partial charge in [-0.05, 0) is 55.9 Å². The van der Waals surface area contributed by atoms with Gasteiger partial charge in [0.25, 0.3) is 5.91 Å². The fourth-order valence-electron chi connectivity index (χ4n) is 4.02. The quantitative estimate of drug-likeness (QED) is 0.673. The van der Waals surface area contributed by atoms with Gasteiger partial charge in [-0.25, -0.2) is 4.98 Å². The summed E-state index contributed by atoms with van der Waals surface area (Å²) >= 11 is 0. The molecule has 1 saturated carbocycles. The molecule has 4 rings (SSSR count). The minimum Gasteiger partial charge on any atom is -0.390 e. The Kier molecular flexibility index (Phi) is 6.11. The third-order valence-electron chi connectivity index (χ3n) is 5.85. The molecule has 2 aromatic rings. The third-order valence-corrected chi connectivity index (χ3v) is 5.85. The lowest BCUT2D eigenvalue weighted by atomic mass is 9.93. The van der Waals surface area contributed by atoms with E-state index in [1.54, 1.807) is 12.1 Å². The Hall–Kier alpha value is -2.44. The topological polar surface area (TPSA) is 77.5 Å². The molecular formula is C23H30N4O2. The second-order valence-corrected chi connectivity index (χ2v) is 8.27. The van der Waals surface area contributed by atoms with Crippen LogP contribution < -0.4 is 10.6 Å². The molecule has 1 fully saturated rings. The van der Waals surface area contributed by atoms with E-state index in [-0.39, 0.29) is 12.5 Å². The first-order valence-electron chi connectivity index (χ1n) is 10.6. The van der Waals surface area contributed by atoms with Crippen molar-refractivity contribution >= 4 is 11.7 Å². The van der Waals surface area contributed by atoms with Gasteiger partial charge >= 0.3 is 0 Å². The molecule has 2 heterocycles.